The van der Waals surface area contributed by atoms with Crippen molar-refractivity contribution >= 4 is 33.3 Å². The van der Waals surface area contributed by atoms with Crippen LogP contribution in [0.25, 0.3) is 0 Å². The largest absolute Gasteiger partial charge is 0.480 e. The van der Waals surface area contributed by atoms with Crippen molar-refractivity contribution in [3.05, 3.63) is 23.0 Å². The fourth-order valence-electron chi connectivity index (χ4n) is 0.990. The van der Waals surface area contributed by atoms with Gasteiger partial charge in [-0.1, -0.05) is 11.6 Å². The Kier molecular flexibility index (Phi) is 3.71. The first-order chi connectivity index (χ1) is 7.30. The minimum absolute atomic E-state index is 0.0282. The molecule has 6 nitrogen and oxygen atoms in total. The Hall–Kier alpha value is -1.34. The Balaban J connectivity index is 2.96. The molecule has 0 radical (unpaired) electrons. The molecule has 0 amide bonds. The Morgan fingerprint density at radius 2 is 2.25 bits per heavy atom. The molecule has 0 unspecified atom stereocenters. The zero-order valence-electron chi connectivity index (χ0n) is 8.27. The fraction of sp³-hybridized carbons (Fsp3) is 0.250. The maximum absolute atomic E-state index is 11.3. The molecule has 0 aliphatic carbocycles. The number of pyridine rings is 1. The van der Waals surface area contributed by atoms with E-state index in [0.29, 0.717) is 5.56 Å². The lowest BCUT2D eigenvalue weighted by Crippen LogP contribution is -2.22. The fourth-order valence-corrected chi connectivity index (χ4v) is 2.08. The number of nitrogens with zero attached hydrogens (tertiary/aromatic N) is 1. The maximum Gasteiger partial charge on any atom is 0.320 e. The van der Waals surface area contributed by atoms with Crippen LogP contribution in [0, 0.1) is 6.92 Å². The van der Waals surface area contributed by atoms with Crippen molar-refractivity contribution in [1.29, 1.82) is 0 Å². The topological polar surface area (TPSA) is 96.4 Å². The molecule has 1 heterocycles. The average Bonchev–Trinajstić information content (AvgIpc) is 2.08. The molecule has 0 aliphatic heterocycles. The van der Waals surface area contributed by atoms with Gasteiger partial charge in [0.25, 0.3) is 0 Å². The van der Waals surface area contributed by atoms with Crippen molar-refractivity contribution in [2.24, 2.45) is 0 Å². The summed E-state index contributed by atoms with van der Waals surface area (Å²) in [6, 6.07) is 1.47. The van der Waals surface area contributed by atoms with Gasteiger partial charge in [-0.25, -0.2) is 13.4 Å². The second kappa shape index (κ2) is 4.67. The molecule has 16 heavy (non-hydrogen) atoms. The van der Waals surface area contributed by atoms with Gasteiger partial charge in [0.1, 0.15) is 0 Å². The number of hydrogen-bond acceptors (Lipinski definition) is 4. The van der Waals surface area contributed by atoms with Crippen LogP contribution in [0.2, 0.25) is 5.15 Å². The van der Waals surface area contributed by atoms with Crippen LogP contribution in [-0.2, 0) is 14.8 Å². The van der Waals surface area contributed by atoms with Crippen LogP contribution in [0.5, 0.6) is 0 Å². The predicted octanol–water partition coefficient (Wildman–Crippen LogP) is 0.870. The molecule has 0 saturated carbocycles. The maximum atomic E-state index is 11.3. The zero-order valence-corrected chi connectivity index (χ0v) is 9.84. The highest BCUT2D eigenvalue weighted by molar-refractivity contribution is 7.93. The zero-order chi connectivity index (χ0) is 12.3. The summed E-state index contributed by atoms with van der Waals surface area (Å²) >= 11 is 5.65. The number of aromatic nitrogens is 1. The first-order valence-corrected chi connectivity index (χ1v) is 6.17. The normalized spacial score (nSPS) is 11.1. The van der Waals surface area contributed by atoms with Gasteiger partial charge in [0.05, 0.1) is 5.69 Å². The number of anilines is 1. The second-order valence-electron chi connectivity index (χ2n) is 3.11. The highest BCUT2D eigenvalue weighted by atomic mass is 35.5. The van der Waals surface area contributed by atoms with Gasteiger partial charge in [-0.15, -0.1) is 0 Å². The minimum Gasteiger partial charge on any atom is -0.480 e. The van der Waals surface area contributed by atoms with Crippen molar-refractivity contribution in [2.75, 3.05) is 10.5 Å². The molecule has 88 valence electrons. The number of aryl methyl sites for hydroxylation is 1. The highest BCUT2D eigenvalue weighted by Crippen LogP contribution is 2.20. The van der Waals surface area contributed by atoms with Crippen LogP contribution in [-0.4, -0.2) is 30.2 Å². The molecule has 0 spiro atoms. The van der Waals surface area contributed by atoms with Crippen LogP contribution >= 0.6 is 11.6 Å². The van der Waals surface area contributed by atoms with Gasteiger partial charge in [-0.2, -0.15) is 0 Å². The quantitative estimate of drug-likeness (QED) is 0.787. The number of hydrogen-bond donors (Lipinski definition) is 2. The van der Waals surface area contributed by atoms with E-state index < -0.39 is 21.7 Å². The molecule has 0 atom stereocenters. The van der Waals surface area contributed by atoms with E-state index in [1.807, 2.05) is 0 Å². The summed E-state index contributed by atoms with van der Waals surface area (Å²) in [6.45, 7) is 1.71. The molecule has 1 aromatic rings. The summed E-state index contributed by atoms with van der Waals surface area (Å²) in [5.74, 6) is -2.46. The number of carbonyl (C=O) groups is 1. The number of carboxylic acids is 1. The Morgan fingerprint density at radius 3 is 2.81 bits per heavy atom. The van der Waals surface area contributed by atoms with Crippen LogP contribution < -0.4 is 4.72 Å². The number of sulfonamides is 1. The van der Waals surface area contributed by atoms with Gasteiger partial charge in [0.2, 0.25) is 10.0 Å². The summed E-state index contributed by atoms with van der Waals surface area (Å²) in [4.78, 5) is 14.0. The highest BCUT2D eigenvalue weighted by Gasteiger charge is 2.17. The van der Waals surface area contributed by atoms with Gasteiger partial charge < -0.3 is 5.11 Å². The smallest absolute Gasteiger partial charge is 0.320 e. The van der Waals surface area contributed by atoms with E-state index in [-0.39, 0.29) is 10.8 Å². The number of nitrogens with one attached hydrogen (secondary N) is 1. The van der Waals surface area contributed by atoms with E-state index >= 15 is 0 Å². The molecular formula is C8H9ClN2O4S. The van der Waals surface area contributed by atoms with Crippen molar-refractivity contribution in [1.82, 2.24) is 4.98 Å². The standard InChI is InChI=1S/C8H9ClN2O4S/c1-5-2-6(8(9)10-3-5)11-16(14,15)4-7(12)13/h2-3,11H,4H2,1H3,(H,12,13). The number of halogens is 1. The predicted molar refractivity (Wildman–Crippen MR) is 59.0 cm³/mol. The summed E-state index contributed by atoms with van der Waals surface area (Å²) < 4.78 is 24.6. The molecule has 0 bridgehead atoms. The molecule has 0 fully saturated rings. The summed E-state index contributed by atoms with van der Waals surface area (Å²) in [5.41, 5.74) is 0.778. The third-order valence-electron chi connectivity index (χ3n) is 1.55. The lowest BCUT2D eigenvalue weighted by atomic mass is 10.3. The Morgan fingerprint density at radius 1 is 1.62 bits per heavy atom. The first kappa shape index (κ1) is 12.7. The molecule has 0 saturated heterocycles. The van der Waals surface area contributed by atoms with E-state index in [0.717, 1.165) is 0 Å². The van der Waals surface area contributed by atoms with Crippen LogP contribution in [0.4, 0.5) is 5.69 Å². The van der Waals surface area contributed by atoms with E-state index in [2.05, 4.69) is 9.71 Å². The summed E-state index contributed by atoms with van der Waals surface area (Å²) in [5, 5.41) is 8.36. The van der Waals surface area contributed by atoms with Gasteiger partial charge in [0, 0.05) is 6.20 Å². The lowest BCUT2D eigenvalue weighted by molar-refractivity contribution is -0.134. The molecule has 0 aliphatic rings. The lowest BCUT2D eigenvalue weighted by Gasteiger charge is -2.07. The van der Waals surface area contributed by atoms with E-state index in [1.165, 1.54) is 12.3 Å². The van der Waals surface area contributed by atoms with E-state index in [4.69, 9.17) is 16.7 Å². The van der Waals surface area contributed by atoms with Gasteiger partial charge in [-0.05, 0) is 18.6 Å². The van der Waals surface area contributed by atoms with Crippen LogP contribution in [0.1, 0.15) is 5.56 Å². The van der Waals surface area contributed by atoms with Crippen molar-refractivity contribution in [3.8, 4) is 0 Å². The molecule has 1 aromatic heterocycles. The Labute approximate surface area is 97.3 Å². The van der Waals surface area contributed by atoms with E-state index in [9.17, 15) is 13.2 Å². The minimum atomic E-state index is -3.95. The second-order valence-corrected chi connectivity index (χ2v) is 5.19. The third kappa shape index (κ3) is 3.67. The van der Waals surface area contributed by atoms with E-state index in [1.54, 1.807) is 6.92 Å². The molecule has 8 heteroatoms. The number of rotatable bonds is 4. The summed E-state index contributed by atoms with van der Waals surface area (Å²) in [7, 11) is -3.95. The number of aliphatic carboxylic acids is 1. The van der Waals surface area contributed by atoms with Crippen LogP contribution in [0.15, 0.2) is 12.3 Å². The molecule has 1 rings (SSSR count). The molecular weight excluding hydrogens is 256 g/mol. The van der Waals surface area contributed by atoms with Gasteiger partial charge in [0.15, 0.2) is 10.9 Å². The van der Waals surface area contributed by atoms with Crippen LogP contribution in [0.3, 0.4) is 0 Å². The third-order valence-corrected chi connectivity index (χ3v) is 3.01. The first-order valence-electron chi connectivity index (χ1n) is 4.14. The average molecular weight is 265 g/mol. The molecule has 0 aromatic carbocycles. The van der Waals surface area contributed by atoms with Crippen molar-refractivity contribution < 1.29 is 18.3 Å². The molecule has 2 N–H and O–H groups in total. The van der Waals surface area contributed by atoms with Crippen molar-refractivity contribution in [3.63, 3.8) is 0 Å². The van der Waals surface area contributed by atoms with Crippen molar-refractivity contribution in [2.45, 2.75) is 6.92 Å². The van der Waals surface area contributed by atoms with Gasteiger partial charge in [-0.3, -0.25) is 9.52 Å². The monoisotopic (exact) mass is 264 g/mol. The number of carboxylic acid groups (broad SMARTS) is 1. The van der Waals surface area contributed by atoms with Gasteiger partial charge >= 0.3 is 5.97 Å². The summed E-state index contributed by atoms with van der Waals surface area (Å²) in [6.07, 6.45) is 1.47. The SMILES string of the molecule is Cc1cnc(Cl)c(NS(=O)(=O)CC(=O)O)c1. The Bertz CT molecular complexity index is 515.